The number of rotatable bonds is 5. The molecule has 6 nitrogen and oxygen atoms in total. The largest absolute Gasteiger partial charge is 0.467 e. The van der Waals surface area contributed by atoms with Crippen LogP contribution in [-0.4, -0.2) is 38.5 Å². The molecule has 1 rings (SSSR count). The van der Waals surface area contributed by atoms with Gasteiger partial charge in [0.15, 0.2) is 6.23 Å². The lowest BCUT2D eigenvalue weighted by atomic mass is 10.3. The summed E-state index contributed by atoms with van der Waals surface area (Å²) in [5, 5.41) is 5.64. The predicted octanol–water partition coefficient (Wildman–Crippen LogP) is 3.52. The van der Waals surface area contributed by atoms with E-state index in [9.17, 15) is 0 Å². The van der Waals surface area contributed by atoms with Gasteiger partial charge >= 0.3 is 6.02 Å². The normalized spacial score (nSPS) is 13.7. The predicted molar refractivity (Wildman–Crippen MR) is 99.8 cm³/mol. The molecule has 0 N–H and O–H groups in total. The number of aliphatic imine (C=N–C) groups is 2. The molecule has 0 aromatic heterocycles. The molecule has 1 unspecified atom stereocenters. The molecule has 7 heteroatoms. The van der Waals surface area contributed by atoms with Crippen LogP contribution in [0.25, 0.3) is 0 Å². The Hall–Kier alpha value is -1.48. The molecule has 0 aliphatic rings. The van der Waals surface area contributed by atoms with Gasteiger partial charge in [0, 0.05) is 16.9 Å². The maximum absolute atomic E-state index is 5.36. The lowest BCUT2D eigenvalue weighted by Gasteiger charge is -2.18. The van der Waals surface area contributed by atoms with Gasteiger partial charge in [-0.2, -0.15) is 10.1 Å². The van der Waals surface area contributed by atoms with E-state index in [0.717, 1.165) is 9.26 Å². The van der Waals surface area contributed by atoms with Crippen LogP contribution < -0.4 is 5.01 Å². The molecule has 22 heavy (non-hydrogen) atoms. The number of amidine groups is 2. The molecule has 0 fully saturated rings. The van der Waals surface area contributed by atoms with E-state index in [1.165, 1.54) is 7.11 Å². The minimum atomic E-state index is -0.320. The highest BCUT2D eigenvalue weighted by atomic mass is 127. The Kier molecular flexibility index (Phi) is 8.03. The smallest absolute Gasteiger partial charge is 0.315 e. The summed E-state index contributed by atoms with van der Waals surface area (Å²) in [4.78, 5) is 8.60. The van der Waals surface area contributed by atoms with E-state index in [4.69, 9.17) is 9.47 Å². The van der Waals surface area contributed by atoms with Crippen LogP contribution in [-0.2, 0) is 9.47 Å². The number of benzene rings is 1. The molecule has 0 aliphatic carbocycles. The molecule has 0 heterocycles. The number of anilines is 1. The fourth-order valence-corrected chi connectivity index (χ4v) is 2.25. The number of nitrogens with zero attached hydrogens (tertiary/aromatic N) is 4. The molecule has 0 bridgehead atoms. The Morgan fingerprint density at radius 1 is 1.45 bits per heavy atom. The number of ether oxygens (including phenoxy) is 2. The third kappa shape index (κ3) is 5.72. The van der Waals surface area contributed by atoms with Gasteiger partial charge in [0.2, 0.25) is 0 Å². The van der Waals surface area contributed by atoms with Crippen molar-refractivity contribution >= 4 is 46.9 Å². The lowest BCUT2D eigenvalue weighted by Crippen LogP contribution is -2.24. The van der Waals surface area contributed by atoms with E-state index < -0.39 is 0 Å². The molecule has 120 valence electrons. The second-order valence-corrected chi connectivity index (χ2v) is 5.51. The first-order valence-electron chi connectivity index (χ1n) is 6.82. The van der Waals surface area contributed by atoms with E-state index in [1.807, 2.05) is 45.0 Å². The fourth-order valence-electron chi connectivity index (χ4n) is 1.73. The molecule has 0 spiro atoms. The Labute approximate surface area is 145 Å². The minimum Gasteiger partial charge on any atom is -0.467 e. The second kappa shape index (κ2) is 9.52. The van der Waals surface area contributed by atoms with Crippen molar-refractivity contribution in [1.29, 1.82) is 0 Å². The monoisotopic (exact) mass is 416 g/mol. The van der Waals surface area contributed by atoms with Crippen molar-refractivity contribution in [2.45, 2.75) is 27.0 Å². The SMILES string of the molecule is C=NN(C(C)=NC(=NC(C)OCC)OC)c1cccc(I)c1. The van der Waals surface area contributed by atoms with Gasteiger partial charge in [-0.25, -0.2) is 10.0 Å². The third-order valence-corrected chi connectivity index (χ3v) is 3.31. The maximum Gasteiger partial charge on any atom is 0.315 e. The summed E-state index contributed by atoms with van der Waals surface area (Å²) >= 11 is 2.24. The van der Waals surface area contributed by atoms with Crippen molar-refractivity contribution < 1.29 is 9.47 Å². The van der Waals surface area contributed by atoms with Crippen molar-refractivity contribution in [2.75, 3.05) is 18.7 Å². The summed E-state index contributed by atoms with van der Waals surface area (Å²) < 4.78 is 11.6. The highest BCUT2D eigenvalue weighted by Gasteiger charge is 2.10. The van der Waals surface area contributed by atoms with Crippen LogP contribution in [0.15, 0.2) is 39.4 Å². The van der Waals surface area contributed by atoms with Gasteiger partial charge in [-0.05, 0) is 61.6 Å². The summed E-state index contributed by atoms with van der Waals surface area (Å²) in [5.41, 5.74) is 0.872. The van der Waals surface area contributed by atoms with Crippen LogP contribution in [0.2, 0.25) is 0 Å². The highest BCUT2D eigenvalue weighted by molar-refractivity contribution is 14.1. The van der Waals surface area contributed by atoms with Crippen LogP contribution in [0, 0.1) is 3.57 Å². The van der Waals surface area contributed by atoms with Gasteiger partial charge in [0.05, 0.1) is 12.8 Å². The number of halogens is 1. The van der Waals surface area contributed by atoms with Crippen molar-refractivity contribution in [3.8, 4) is 0 Å². The summed E-state index contributed by atoms with van der Waals surface area (Å²) in [6, 6.07) is 8.11. The second-order valence-electron chi connectivity index (χ2n) is 4.26. The molecule has 0 aliphatic heterocycles. The summed E-state index contributed by atoms with van der Waals surface area (Å²) in [6.45, 7) is 9.73. The Balaban J connectivity index is 3.03. The average Bonchev–Trinajstić information content (AvgIpc) is 2.47. The zero-order valence-corrected chi connectivity index (χ0v) is 15.4. The van der Waals surface area contributed by atoms with Gasteiger partial charge in [0.1, 0.15) is 5.84 Å². The fraction of sp³-hybridized carbons (Fsp3) is 0.400. The molecule has 1 aromatic rings. The van der Waals surface area contributed by atoms with Gasteiger partial charge in [-0.15, -0.1) is 0 Å². The Bertz CT molecular complexity index is 560. The van der Waals surface area contributed by atoms with Crippen molar-refractivity contribution in [3.05, 3.63) is 27.8 Å². The van der Waals surface area contributed by atoms with Crippen LogP contribution in [0.1, 0.15) is 20.8 Å². The van der Waals surface area contributed by atoms with Crippen molar-refractivity contribution in [1.82, 2.24) is 0 Å². The zero-order chi connectivity index (χ0) is 16.5. The molecule has 1 aromatic carbocycles. The molecule has 0 amide bonds. The molecule has 0 saturated carbocycles. The number of hydrogen-bond donors (Lipinski definition) is 0. The maximum atomic E-state index is 5.36. The topological polar surface area (TPSA) is 58.8 Å². The Morgan fingerprint density at radius 2 is 2.18 bits per heavy atom. The van der Waals surface area contributed by atoms with Crippen molar-refractivity contribution in [2.24, 2.45) is 15.1 Å². The first-order valence-corrected chi connectivity index (χ1v) is 7.90. The van der Waals surface area contributed by atoms with Crippen LogP contribution in [0.3, 0.4) is 0 Å². The molecule has 0 saturated heterocycles. The molecule has 0 radical (unpaired) electrons. The number of methoxy groups -OCH3 is 1. The van der Waals surface area contributed by atoms with Crippen LogP contribution in [0.5, 0.6) is 0 Å². The van der Waals surface area contributed by atoms with Gasteiger partial charge in [-0.3, -0.25) is 0 Å². The first kappa shape index (κ1) is 18.6. The number of hydrogen-bond acceptors (Lipinski definition) is 4. The van der Waals surface area contributed by atoms with Crippen LogP contribution in [0.4, 0.5) is 5.69 Å². The molecular formula is C15H21IN4O2. The van der Waals surface area contributed by atoms with Crippen LogP contribution >= 0.6 is 22.6 Å². The van der Waals surface area contributed by atoms with E-state index >= 15 is 0 Å². The van der Waals surface area contributed by atoms with E-state index in [-0.39, 0.29) is 12.2 Å². The average molecular weight is 416 g/mol. The van der Waals surface area contributed by atoms with E-state index in [0.29, 0.717) is 12.4 Å². The first-order chi connectivity index (χ1) is 10.5. The quantitative estimate of drug-likeness (QED) is 0.320. The summed E-state index contributed by atoms with van der Waals surface area (Å²) in [5.74, 6) is 0.598. The molecule has 1 atom stereocenters. The minimum absolute atomic E-state index is 0.234. The van der Waals surface area contributed by atoms with Gasteiger partial charge in [0.25, 0.3) is 0 Å². The summed E-state index contributed by atoms with van der Waals surface area (Å²) in [7, 11) is 1.52. The zero-order valence-electron chi connectivity index (χ0n) is 13.3. The number of hydrazone groups is 1. The Morgan fingerprint density at radius 3 is 2.73 bits per heavy atom. The van der Waals surface area contributed by atoms with Gasteiger partial charge in [-0.1, -0.05) is 6.07 Å². The lowest BCUT2D eigenvalue weighted by molar-refractivity contribution is 0.0811. The van der Waals surface area contributed by atoms with Gasteiger partial charge < -0.3 is 9.47 Å². The third-order valence-electron chi connectivity index (χ3n) is 2.64. The van der Waals surface area contributed by atoms with E-state index in [1.54, 1.807) is 5.01 Å². The standard InChI is InChI=1S/C15H21IN4O2/c1-6-22-12(3)19-15(21-5)18-11(2)20(17-4)14-9-7-8-13(16)10-14/h7-10,12H,4,6H2,1-3,5H3. The van der Waals surface area contributed by atoms with Crippen molar-refractivity contribution in [3.63, 3.8) is 0 Å². The summed E-state index contributed by atoms with van der Waals surface area (Å²) in [6.07, 6.45) is -0.320. The highest BCUT2D eigenvalue weighted by Crippen LogP contribution is 2.18. The van der Waals surface area contributed by atoms with E-state index in [2.05, 4.69) is 44.4 Å². The molecular weight excluding hydrogens is 395 g/mol.